The summed E-state index contributed by atoms with van der Waals surface area (Å²) in [5, 5.41) is 9.81. The van der Waals surface area contributed by atoms with Crippen LogP contribution < -0.4 is 4.74 Å². The number of ether oxygens (including phenoxy) is 1. The first-order valence-electron chi connectivity index (χ1n) is 7.22. The van der Waals surface area contributed by atoms with Crippen molar-refractivity contribution in [2.24, 2.45) is 5.92 Å². The zero-order valence-electron chi connectivity index (χ0n) is 12.2. The summed E-state index contributed by atoms with van der Waals surface area (Å²) in [6.07, 6.45) is 0.825. The van der Waals surface area contributed by atoms with Gasteiger partial charge >= 0.3 is 0 Å². The molecule has 1 amide bonds. The van der Waals surface area contributed by atoms with Gasteiger partial charge in [0.25, 0.3) is 0 Å². The number of nitrogens with zero attached hydrogens (tertiary/aromatic N) is 1. The first-order valence-corrected chi connectivity index (χ1v) is 7.22. The van der Waals surface area contributed by atoms with Gasteiger partial charge in [0.15, 0.2) is 0 Å². The van der Waals surface area contributed by atoms with Crippen molar-refractivity contribution >= 4 is 5.91 Å². The lowest BCUT2D eigenvalue weighted by atomic mass is 9.96. The molecule has 2 atom stereocenters. The highest BCUT2D eigenvalue weighted by Gasteiger charge is 2.26. The summed E-state index contributed by atoms with van der Waals surface area (Å²) < 4.78 is 5.64. The van der Waals surface area contributed by atoms with Crippen LogP contribution in [0.1, 0.15) is 25.3 Å². The van der Waals surface area contributed by atoms with Gasteiger partial charge in [-0.3, -0.25) is 4.79 Å². The van der Waals surface area contributed by atoms with Gasteiger partial charge in [0.2, 0.25) is 5.91 Å². The third-order valence-corrected chi connectivity index (χ3v) is 3.94. The Morgan fingerprint density at radius 3 is 2.90 bits per heavy atom. The van der Waals surface area contributed by atoms with E-state index in [0.29, 0.717) is 19.6 Å². The average Bonchev–Trinajstić information content (AvgIpc) is 2.44. The third-order valence-electron chi connectivity index (χ3n) is 3.94. The smallest absolute Gasteiger partial charge is 0.226 e. The van der Waals surface area contributed by atoms with Gasteiger partial charge in [-0.05, 0) is 30.9 Å². The Labute approximate surface area is 120 Å². The van der Waals surface area contributed by atoms with Crippen LogP contribution in [0, 0.1) is 12.8 Å². The van der Waals surface area contributed by atoms with E-state index in [2.05, 4.69) is 0 Å². The second-order valence-corrected chi connectivity index (χ2v) is 5.54. The highest BCUT2D eigenvalue weighted by Crippen LogP contribution is 2.19. The number of hydrogen-bond acceptors (Lipinski definition) is 3. The Bertz CT molecular complexity index is 461. The topological polar surface area (TPSA) is 49.8 Å². The van der Waals surface area contributed by atoms with Crippen LogP contribution in [0.25, 0.3) is 0 Å². The molecule has 1 aliphatic heterocycles. The molecule has 1 fully saturated rings. The minimum Gasteiger partial charge on any atom is -0.493 e. The van der Waals surface area contributed by atoms with E-state index >= 15 is 0 Å². The summed E-state index contributed by atoms with van der Waals surface area (Å²) in [5.41, 5.74) is 1.07. The van der Waals surface area contributed by atoms with E-state index in [4.69, 9.17) is 4.74 Å². The fourth-order valence-corrected chi connectivity index (χ4v) is 2.40. The van der Waals surface area contributed by atoms with Crippen molar-refractivity contribution in [1.82, 2.24) is 4.90 Å². The Balaban J connectivity index is 1.77. The second-order valence-electron chi connectivity index (χ2n) is 5.54. The van der Waals surface area contributed by atoms with Gasteiger partial charge < -0.3 is 14.7 Å². The van der Waals surface area contributed by atoms with Gasteiger partial charge in [-0.1, -0.05) is 25.1 Å². The number of amides is 1. The molecule has 0 radical (unpaired) electrons. The number of likely N-dealkylation sites (tertiary alicyclic amines) is 1. The van der Waals surface area contributed by atoms with Crippen molar-refractivity contribution in [3.63, 3.8) is 0 Å². The van der Waals surface area contributed by atoms with Crippen LogP contribution in [-0.4, -0.2) is 41.7 Å². The Hall–Kier alpha value is -1.55. The number of rotatable bonds is 4. The van der Waals surface area contributed by atoms with Crippen molar-refractivity contribution < 1.29 is 14.6 Å². The maximum absolute atomic E-state index is 12.1. The number of aliphatic hydroxyl groups excluding tert-OH is 1. The lowest BCUT2D eigenvalue weighted by Crippen LogP contribution is -2.46. The number of para-hydroxylation sites is 1. The van der Waals surface area contributed by atoms with Gasteiger partial charge in [-0.2, -0.15) is 0 Å². The first kappa shape index (κ1) is 14.9. The second kappa shape index (κ2) is 6.75. The maximum Gasteiger partial charge on any atom is 0.226 e. The van der Waals surface area contributed by atoms with Gasteiger partial charge in [0.05, 0.1) is 19.1 Å². The van der Waals surface area contributed by atoms with Crippen molar-refractivity contribution in [3.8, 4) is 5.75 Å². The molecule has 2 rings (SSSR count). The molecule has 110 valence electrons. The van der Waals surface area contributed by atoms with E-state index in [1.54, 1.807) is 4.90 Å². The van der Waals surface area contributed by atoms with Gasteiger partial charge in [-0.15, -0.1) is 0 Å². The Kier molecular flexibility index (Phi) is 5.01. The van der Waals surface area contributed by atoms with E-state index in [0.717, 1.165) is 24.3 Å². The summed E-state index contributed by atoms with van der Waals surface area (Å²) in [4.78, 5) is 13.8. The molecule has 1 aromatic carbocycles. The molecule has 1 aliphatic rings. The van der Waals surface area contributed by atoms with E-state index in [-0.39, 0.29) is 11.8 Å². The number of piperidine rings is 1. The number of hydrogen-bond donors (Lipinski definition) is 1. The normalized spacial score (nSPS) is 22.6. The van der Waals surface area contributed by atoms with E-state index < -0.39 is 6.10 Å². The average molecular weight is 277 g/mol. The van der Waals surface area contributed by atoms with Crippen LogP contribution in [0.2, 0.25) is 0 Å². The Morgan fingerprint density at radius 2 is 2.20 bits per heavy atom. The van der Waals surface area contributed by atoms with E-state index in [1.165, 1.54) is 0 Å². The summed E-state index contributed by atoms with van der Waals surface area (Å²) in [6, 6.07) is 7.78. The van der Waals surface area contributed by atoms with Crippen LogP contribution in [0.15, 0.2) is 24.3 Å². The monoisotopic (exact) mass is 277 g/mol. The molecule has 4 nitrogen and oxygen atoms in total. The predicted molar refractivity (Wildman–Crippen MR) is 77.7 cm³/mol. The molecule has 1 heterocycles. The number of aliphatic hydroxyl groups is 1. The zero-order valence-corrected chi connectivity index (χ0v) is 12.2. The fraction of sp³-hybridized carbons (Fsp3) is 0.562. The molecular weight excluding hydrogens is 254 g/mol. The lowest BCUT2D eigenvalue weighted by molar-refractivity contribution is -0.135. The van der Waals surface area contributed by atoms with E-state index in [1.807, 2.05) is 38.1 Å². The highest BCUT2D eigenvalue weighted by molar-refractivity contribution is 5.76. The fourth-order valence-electron chi connectivity index (χ4n) is 2.40. The first-order chi connectivity index (χ1) is 9.58. The molecule has 0 aromatic heterocycles. The van der Waals surface area contributed by atoms with Crippen molar-refractivity contribution in [3.05, 3.63) is 29.8 Å². The highest BCUT2D eigenvalue weighted by atomic mass is 16.5. The van der Waals surface area contributed by atoms with Gasteiger partial charge in [0, 0.05) is 13.1 Å². The maximum atomic E-state index is 12.1. The molecule has 1 saturated heterocycles. The van der Waals surface area contributed by atoms with Crippen LogP contribution in [0.5, 0.6) is 5.75 Å². The SMILES string of the molecule is Cc1ccccc1OCCC(=O)N1CCC(C)C(O)C1. The van der Waals surface area contributed by atoms with Crippen LogP contribution >= 0.6 is 0 Å². The minimum absolute atomic E-state index is 0.0598. The van der Waals surface area contributed by atoms with Crippen LogP contribution in [0.3, 0.4) is 0 Å². The Morgan fingerprint density at radius 1 is 1.45 bits per heavy atom. The molecule has 0 saturated carbocycles. The lowest BCUT2D eigenvalue weighted by Gasteiger charge is -2.34. The standard InChI is InChI=1S/C16H23NO3/c1-12-7-9-17(11-14(12)18)16(19)8-10-20-15-6-4-3-5-13(15)2/h3-6,12,14,18H,7-11H2,1-2H3. The molecular formula is C16H23NO3. The number of carbonyl (C=O) groups excluding carboxylic acids is 1. The molecule has 1 aromatic rings. The van der Waals surface area contributed by atoms with Gasteiger partial charge in [-0.25, -0.2) is 0 Å². The molecule has 1 N–H and O–H groups in total. The quantitative estimate of drug-likeness (QED) is 0.915. The molecule has 4 heteroatoms. The number of β-amino-alcohol motifs (C(OH)–C–C–N with tert-alkyl or cyclic N) is 1. The van der Waals surface area contributed by atoms with Crippen LogP contribution in [-0.2, 0) is 4.79 Å². The summed E-state index contributed by atoms with van der Waals surface area (Å²) in [6.45, 7) is 5.57. The number of carbonyl (C=O) groups is 1. The third kappa shape index (κ3) is 3.73. The van der Waals surface area contributed by atoms with Crippen LogP contribution in [0.4, 0.5) is 0 Å². The minimum atomic E-state index is -0.398. The zero-order chi connectivity index (χ0) is 14.5. The molecule has 2 unspecified atom stereocenters. The number of benzene rings is 1. The molecule has 0 bridgehead atoms. The summed E-state index contributed by atoms with van der Waals surface area (Å²) >= 11 is 0. The summed E-state index contributed by atoms with van der Waals surface area (Å²) in [7, 11) is 0. The van der Waals surface area contributed by atoms with Gasteiger partial charge in [0.1, 0.15) is 5.75 Å². The summed E-state index contributed by atoms with van der Waals surface area (Å²) in [5.74, 6) is 1.17. The predicted octanol–water partition coefficient (Wildman–Crippen LogP) is 1.99. The van der Waals surface area contributed by atoms with Crippen molar-refractivity contribution in [2.75, 3.05) is 19.7 Å². The molecule has 0 spiro atoms. The van der Waals surface area contributed by atoms with Crippen molar-refractivity contribution in [1.29, 1.82) is 0 Å². The molecule has 0 aliphatic carbocycles. The number of aryl methyl sites for hydroxylation is 1. The van der Waals surface area contributed by atoms with E-state index in [9.17, 15) is 9.90 Å². The molecule has 20 heavy (non-hydrogen) atoms. The van der Waals surface area contributed by atoms with Crippen molar-refractivity contribution in [2.45, 2.75) is 32.8 Å². The largest absolute Gasteiger partial charge is 0.493 e.